The van der Waals surface area contributed by atoms with Crippen molar-refractivity contribution in [3.05, 3.63) is 83.0 Å². The van der Waals surface area contributed by atoms with Crippen molar-refractivity contribution < 1.29 is 9.53 Å². The summed E-state index contributed by atoms with van der Waals surface area (Å²) < 4.78 is 6.64. The van der Waals surface area contributed by atoms with Crippen LogP contribution in [-0.4, -0.2) is 18.0 Å². The van der Waals surface area contributed by atoms with Crippen LogP contribution in [0.2, 0.25) is 0 Å². The van der Waals surface area contributed by atoms with E-state index in [1.807, 2.05) is 12.2 Å². The van der Waals surface area contributed by atoms with Gasteiger partial charge in [0.25, 0.3) is 0 Å². The predicted octanol–water partition coefficient (Wildman–Crippen LogP) is 7.03. The predicted molar refractivity (Wildman–Crippen MR) is 133 cm³/mol. The van der Waals surface area contributed by atoms with Gasteiger partial charge in [-0.3, -0.25) is 4.79 Å². The van der Waals surface area contributed by atoms with Crippen LogP contribution in [0.1, 0.15) is 75.3 Å². The molecule has 2 saturated carbocycles. The van der Waals surface area contributed by atoms with Crippen LogP contribution >= 0.6 is 0 Å². The highest BCUT2D eigenvalue weighted by molar-refractivity contribution is 5.93. The smallest absolute Gasteiger partial charge is 0.156 e. The number of ether oxygens (including phenoxy) is 1. The molecule has 2 nitrogen and oxygen atoms in total. The second-order valence-electron chi connectivity index (χ2n) is 11.3. The van der Waals surface area contributed by atoms with Crippen LogP contribution in [0.4, 0.5) is 0 Å². The molecule has 4 aliphatic carbocycles. The Morgan fingerprint density at radius 2 is 1.94 bits per heavy atom. The summed E-state index contributed by atoms with van der Waals surface area (Å²) in [5, 5.41) is 0. The summed E-state index contributed by atoms with van der Waals surface area (Å²) in [6.07, 6.45) is 13.2. The third kappa shape index (κ3) is 2.99. The molecule has 5 aliphatic rings. The molecule has 0 N–H and O–H groups in total. The highest BCUT2D eigenvalue weighted by Gasteiger charge is 2.65. The Morgan fingerprint density at radius 1 is 1.12 bits per heavy atom. The summed E-state index contributed by atoms with van der Waals surface area (Å²) in [5.74, 6) is 1.95. The number of carbonyl (C=O) groups excluding carboxylic acids is 1. The monoisotopic (exact) mass is 440 g/mol. The molecule has 1 aliphatic heterocycles. The Kier molecular flexibility index (Phi) is 4.96. The Morgan fingerprint density at radius 3 is 2.67 bits per heavy atom. The molecule has 1 aromatic rings. The molecule has 1 saturated heterocycles. The number of rotatable bonds is 3. The van der Waals surface area contributed by atoms with E-state index in [2.05, 4.69) is 44.3 Å². The first-order chi connectivity index (χ1) is 16.0. The molecule has 1 spiro atoms. The van der Waals surface area contributed by atoms with Gasteiger partial charge in [0, 0.05) is 17.8 Å². The van der Waals surface area contributed by atoms with Gasteiger partial charge in [-0.1, -0.05) is 49.4 Å². The maximum absolute atomic E-state index is 12.2. The van der Waals surface area contributed by atoms with Crippen molar-refractivity contribution in [2.45, 2.75) is 76.2 Å². The minimum Gasteiger partial charge on any atom is -0.370 e. The lowest BCUT2D eigenvalue weighted by atomic mass is 9.50. The first-order valence-electron chi connectivity index (χ1n) is 13.0. The first kappa shape index (κ1) is 21.4. The molecule has 0 amide bonds. The third-order valence-corrected chi connectivity index (χ3v) is 9.94. The number of benzene rings is 1. The third-order valence-electron chi connectivity index (χ3n) is 9.94. The number of fused-ring (bicyclic) bond motifs is 5. The highest BCUT2D eigenvalue weighted by Crippen LogP contribution is 2.70. The van der Waals surface area contributed by atoms with Gasteiger partial charge in [-0.2, -0.15) is 0 Å². The Labute approximate surface area is 198 Å². The van der Waals surface area contributed by atoms with Crippen molar-refractivity contribution >= 4 is 5.78 Å². The molecule has 172 valence electrons. The minimum atomic E-state index is -0.145. The van der Waals surface area contributed by atoms with Crippen molar-refractivity contribution in [1.29, 1.82) is 0 Å². The van der Waals surface area contributed by atoms with Crippen LogP contribution in [0.5, 0.6) is 0 Å². The van der Waals surface area contributed by atoms with Crippen molar-refractivity contribution in [1.82, 2.24) is 0 Å². The normalized spacial score (nSPS) is 37.6. The molecular formula is C31H36O2. The van der Waals surface area contributed by atoms with Gasteiger partial charge in [-0.05, 0) is 97.1 Å². The largest absolute Gasteiger partial charge is 0.370 e. The molecule has 2 heteroatoms. The second-order valence-corrected chi connectivity index (χ2v) is 11.3. The number of carbonyl (C=O) groups is 1. The second kappa shape index (κ2) is 7.67. The van der Waals surface area contributed by atoms with E-state index in [4.69, 9.17) is 4.74 Å². The Balaban J connectivity index is 1.50. The van der Waals surface area contributed by atoms with Crippen LogP contribution in [0.15, 0.2) is 71.9 Å². The molecule has 33 heavy (non-hydrogen) atoms. The summed E-state index contributed by atoms with van der Waals surface area (Å²) >= 11 is 0. The van der Waals surface area contributed by atoms with E-state index in [9.17, 15) is 4.79 Å². The van der Waals surface area contributed by atoms with E-state index in [-0.39, 0.29) is 11.0 Å². The standard InChI is InChI=1S/C31H36O2/c1-4-5-21-6-8-22(9-7-21)27-19-30(3)28(14-16-31(30)20(2)15-17-33-31)26-12-10-23-18-24(32)11-13-25(23)29(26)27/h4,6-9,18,26-28H,1-2,5,10-17,19H2,3H3. The number of allylic oxidation sites excluding steroid dienone is 5. The van der Waals surface area contributed by atoms with E-state index in [1.165, 1.54) is 40.7 Å². The number of hydrogen-bond acceptors (Lipinski definition) is 2. The van der Waals surface area contributed by atoms with Crippen LogP contribution in [0.3, 0.4) is 0 Å². The maximum Gasteiger partial charge on any atom is 0.156 e. The Bertz CT molecular complexity index is 1090. The molecule has 0 bridgehead atoms. The highest BCUT2D eigenvalue weighted by atomic mass is 16.5. The van der Waals surface area contributed by atoms with Gasteiger partial charge in [-0.15, -0.1) is 6.58 Å². The molecule has 5 unspecified atom stereocenters. The average Bonchev–Trinajstić information content (AvgIpc) is 3.34. The van der Waals surface area contributed by atoms with Crippen molar-refractivity contribution in [2.24, 2.45) is 17.3 Å². The molecule has 0 aromatic heterocycles. The van der Waals surface area contributed by atoms with Crippen LogP contribution in [0, 0.1) is 17.3 Å². The first-order valence-corrected chi connectivity index (χ1v) is 13.0. The SMILES string of the molecule is C=CCc1ccc(C2CC3(C)C(CCC34OCCC4=C)C3CCC4=CC(=O)CCC4=C23)cc1. The van der Waals surface area contributed by atoms with Gasteiger partial charge in [0.15, 0.2) is 5.78 Å². The summed E-state index contributed by atoms with van der Waals surface area (Å²) in [4.78, 5) is 12.2. The summed E-state index contributed by atoms with van der Waals surface area (Å²) in [7, 11) is 0. The fourth-order valence-corrected chi connectivity index (χ4v) is 8.47. The molecule has 3 fully saturated rings. The van der Waals surface area contributed by atoms with Crippen molar-refractivity contribution in [3.63, 3.8) is 0 Å². The van der Waals surface area contributed by atoms with E-state index in [0.717, 1.165) is 45.1 Å². The molecular weight excluding hydrogens is 404 g/mol. The van der Waals surface area contributed by atoms with Gasteiger partial charge < -0.3 is 4.74 Å². The quantitative estimate of drug-likeness (QED) is 0.472. The van der Waals surface area contributed by atoms with Crippen molar-refractivity contribution in [3.8, 4) is 0 Å². The van der Waals surface area contributed by atoms with Crippen LogP contribution in [0.25, 0.3) is 0 Å². The van der Waals surface area contributed by atoms with Gasteiger partial charge in [-0.25, -0.2) is 0 Å². The van der Waals surface area contributed by atoms with Gasteiger partial charge in [0.2, 0.25) is 0 Å². The molecule has 0 radical (unpaired) electrons. The number of hydrogen-bond donors (Lipinski definition) is 0. The fourth-order valence-electron chi connectivity index (χ4n) is 8.47. The minimum absolute atomic E-state index is 0.117. The fraction of sp³-hybridized carbons (Fsp3) is 0.516. The summed E-state index contributed by atoms with van der Waals surface area (Å²) in [6.45, 7) is 11.8. The van der Waals surface area contributed by atoms with E-state index >= 15 is 0 Å². The maximum atomic E-state index is 12.2. The zero-order valence-corrected chi connectivity index (χ0v) is 20.0. The summed E-state index contributed by atoms with van der Waals surface area (Å²) in [6, 6.07) is 9.28. The molecule has 1 heterocycles. The Hall–Kier alpha value is -2.19. The number of ketones is 1. The lowest BCUT2D eigenvalue weighted by molar-refractivity contribution is -0.114. The average molecular weight is 441 g/mol. The molecule has 5 atom stereocenters. The van der Waals surface area contributed by atoms with Crippen LogP contribution in [-0.2, 0) is 16.0 Å². The lowest BCUT2D eigenvalue weighted by Gasteiger charge is -2.55. The van der Waals surface area contributed by atoms with Gasteiger partial charge >= 0.3 is 0 Å². The van der Waals surface area contributed by atoms with Gasteiger partial charge in [0.1, 0.15) is 0 Å². The van der Waals surface area contributed by atoms with Crippen LogP contribution < -0.4 is 0 Å². The van der Waals surface area contributed by atoms with Gasteiger partial charge in [0.05, 0.1) is 12.2 Å². The zero-order valence-electron chi connectivity index (χ0n) is 20.0. The van der Waals surface area contributed by atoms with E-state index in [0.29, 0.717) is 30.0 Å². The topological polar surface area (TPSA) is 26.3 Å². The molecule has 6 rings (SSSR count). The summed E-state index contributed by atoms with van der Waals surface area (Å²) in [5.41, 5.74) is 8.59. The van der Waals surface area contributed by atoms with E-state index in [1.54, 1.807) is 5.57 Å². The van der Waals surface area contributed by atoms with E-state index < -0.39 is 0 Å². The zero-order chi connectivity index (χ0) is 22.8. The van der Waals surface area contributed by atoms with Crippen molar-refractivity contribution in [2.75, 3.05) is 6.61 Å². The molecule has 1 aromatic carbocycles. The lowest BCUT2D eigenvalue weighted by Crippen LogP contribution is -2.52.